The average Bonchev–Trinajstić information content (AvgIpc) is 3.39. The van der Waals surface area contributed by atoms with Crippen molar-refractivity contribution in [2.75, 3.05) is 20.6 Å². The van der Waals surface area contributed by atoms with Crippen molar-refractivity contribution in [1.29, 1.82) is 0 Å². The van der Waals surface area contributed by atoms with Crippen LogP contribution in [0.3, 0.4) is 0 Å². The number of carbonyl (C=O) groups is 4. The molecule has 1 saturated heterocycles. The number of likely N-dealkylation sites (N-methyl/N-ethyl adjacent to an activating group) is 1. The number of carbonyl (C=O) groups excluding carboxylic acids is 4. The van der Waals surface area contributed by atoms with E-state index in [0.29, 0.717) is 12.2 Å². The number of nitrogens with zero attached hydrogens (tertiary/aromatic N) is 2. The predicted molar refractivity (Wildman–Crippen MR) is 160 cm³/mol. The zero-order chi connectivity index (χ0) is 30.4. The van der Waals surface area contributed by atoms with Crippen LogP contribution in [0.1, 0.15) is 38.3 Å². The molecule has 0 radical (unpaired) electrons. The van der Waals surface area contributed by atoms with Gasteiger partial charge >= 0.3 is 0 Å². The number of likely N-dealkylation sites (tertiary alicyclic amines) is 1. The molecule has 5 atom stereocenters. The highest BCUT2D eigenvalue weighted by molar-refractivity contribution is 5.96. The van der Waals surface area contributed by atoms with Crippen LogP contribution in [-0.4, -0.2) is 84.3 Å². The Labute approximate surface area is 247 Å². The molecule has 224 valence electrons. The maximum atomic E-state index is 14.0. The van der Waals surface area contributed by atoms with E-state index in [2.05, 4.69) is 16.0 Å². The van der Waals surface area contributed by atoms with E-state index in [9.17, 15) is 19.2 Å². The van der Waals surface area contributed by atoms with E-state index in [-0.39, 0.29) is 36.6 Å². The Hall–Kier alpha value is -4.18. The summed E-state index contributed by atoms with van der Waals surface area (Å²) in [6, 6.07) is 13.5. The number of fused-ring (bicyclic) bond motifs is 7. The summed E-state index contributed by atoms with van der Waals surface area (Å²) in [6.45, 7) is 5.74. The van der Waals surface area contributed by atoms with E-state index in [1.165, 1.54) is 4.90 Å². The molecular weight excluding hydrogens is 534 g/mol. The van der Waals surface area contributed by atoms with Gasteiger partial charge in [-0.15, -0.1) is 0 Å². The fourth-order valence-electron chi connectivity index (χ4n) is 5.11. The predicted octanol–water partition coefficient (Wildman–Crippen LogP) is 1.95. The molecule has 5 rings (SSSR count). The number of nitrogens with one attached hydrogen (secondary N) is 3. The second-order valence-corrected chi connectivity index (χ2v) is 11.5. The summed E-state index contributed by atoms with van der Waals surface area (Å²) in [5.41, 5.74) is 1.74. The molecule has 0 aliphatic carbocycles. The van der Waals surface area contributed by atoms with Crippen LogP contribution in [-0.2, 0) is 25.6 Å². The molecular formula is C32H41N5O5. The van der Waals surface area contributed by atoms with E-state index in [4.69, 9.17) is 4.74 Å². The fraction of sp³-hybridized carbons (Fsp3) is 0.438. The number of hydrogen-bond acceptors (Lipinski definition) is 6. The largest absolute Gasteiger partial charge is 0.488 e. The Morgan fingerprint density at radius 1 is 1.02 bits per heavy atom. The van der Waals surface area contributed by atoms with Crippen molar-refractivity contribution < 1.29 is 23.9 Å². The summed E-state index contributed by atoms with van der Waals surface area (Å²) in [4.78, 5) is 57.5. The molecule has 42 heavy (non-hydrogen) atoms. The second-order valence-electron chi connectivity index (χ2n) is 11.5. The maximum absolute atomic E-state index is 14.0. The molecule has 10 heteroatoms. The third-order valence-corrected chi connectivity index (χ3v) is 7.86. The van der Waals surface area contributed by atoms with Crippen molar-refractivity contribution in [1.82, 2.24) is 25.8 Å². The zero-order valence-electron chi connectivity index (χ0n) is 24.9. The summed E-state index contributed by atoms with van der Waals surface area (Å²) in [5.74, 6) is -1.17. The lowest BCUT2D eigenvalue weighted by atomic mass is 10.0. The molecule has 0 aromatic heterocycles. The molecule has 4 amide bonds. The van der Waals surface area contributed by atoms with Crippen LogP contribution in [0.25, 0.3) is 6.08 Å². The topological polar surface area (TPSA) is 120 Å². The Kier molecular flexibility index (Phi) is 10.0. The molecule has 0 unspecified atom stereocenters. The van der Waals surface area contributed by atoms with Crippen molar-refractivity contribution in [2.24, 2.45) is 5.92 Å². The molecule has 0 spiro atoms. The van der Waals surface area contributed by atoms with Crippen LogP contribution in [0, 0.1) is 5.92 Å². The molecule has 1 fully saturated rings. The standard InChI is InChI=1S/C32H41N5O5/c1-20(2)27(35-29(38)21(3)36(4)5)32(41)37-18-16-26-28(37)31(40)34-25(19-23-9-7-6-8-10-23)30(39)33-17-15-22-11-13-24(42-26)14-12-22/h6-15,17,20-21,25-28H,16,18-19H2,1-5H3,(H,33,39)(H,34,40)(H,35,38)/b17-15-/t21-,25-,26-,27-,28-/m0/s1. The van der Waals surface area contributed by atoms with E-state index in [1.807, 2.05) is 56.3 Å². The Morgan fingerprint density at radius 3 is 2.36 bits per heavy atom. The fourth-order valence-corrected chi connectivity index (χ4v) is 5.11. The van der Waals surface area contributed by atoms with Crippen LogP contribution in [0.15, 0.2) is 60.8 Å². The van der Waals surface area contributed by atoms with Crippen LogP contribution in [0.5, 0.6) is 5.75 Å². The summed E-state index contributed by atoms with van der Waals surface area (Å²) < 4.78 is 6.28. The summed E-state index contributed by atoms with van der Waals surface area (Å²) in [7, 11) is 3.59. The highest BCUT2D eigenvalue weighted by Crippen LogP contribution is 2.27. The molecule has 3 heterocycles. The first-order chi connectivity index (χ1) is 20.0. The molecule has 2 aromatic carbocycles. The first-order valence-electron chi connectivity index (χ1n) is 14.4. The Morgan fingerprint density at radius 2 is 1.71 bits per heavy atom. The second kappa shape index (κ2) is 13.7. The van der Waals surface area contributed by atoms with Crippen molar-refractivity contribution in [3.63, 3.8) is 0 Å². The summed E-state index contributed by atoms with van der Waals surface area (Å²) >= 11 is 0. The van der Waals surface area contributed by atoms with E-state index >= 15 is 0 Å². The minimum Gasteiger partial charge on any atom is -0.488 e. The summed E-state index contributed by atoms with van der Waals surface area (Å²) in [5, 5.41) is 8.59. The lowest BCUT2D eigenvalue weighted by Crippen LogP contribution is -2.60. The monoisotopic (exact) mass is 575 g/mol. The molecule has 3 N–H and O–H groups in total. The van der Waals surface area contributed by atoms with Gasteiger partial charge in [-0.2, -0.15) is 0 Å². The average molecular weight is 576 g/mol. The minimum atomic E-state index is -1.01. The van der Waals surface area contributed by atoms with Gasteiger partial charge in [0.25, 0.3) is 0 Å². The van der Waals surface area contributed by atoms with Crippen LogP contribution < -0.4 is 20.7 Å². The van der Waals surface area contributed by atoms with Gasteiger partial charge < -0.3 is 25.6 Å². The minimum absolute atomic E-state index is 0.228. The van der Waals surface area contributed by atoms with E-state index in [0.717, 1.165) is 11.1 Å². The maximum Gasteiger partial charge on any atom is 0.247 e. The van der Waals surface area contributed by atoms with Gasteiger partial charge in [-0.3, -0.25) is 24.1 Å². The third-order valence-electron chi connectivity index (χ3n) is 7.86. The molecule has 3 aliphatic heterocycles. The van der Waals surface area contributed by atoms with E-state index in [1.54, 1.807) is 50.3 Å². The van der Waals surface area contributed by atoms with Gasteiger partial charge in [-0.25, -0.2) is 0 Å². The highest BCUT2D eigenvalue weighted by atomic mass is 16.5. The van der Waals surface area contributed by atoms with Crippen molar-refractivity contribution >= 4 is 29.7 Å². The SMILES string of the molecule is CC(C)[C@H](NC(=O)[C@H](C)N(C)C)C(=O)N1CC[C@@H]2Oc3ccc(cc3)/C=C\NC(=O)[C@H](Cc3ccccc3)NC(=O)[C@H]21. The van der Waals surface area contributed by atoms with Gasteiger partial charge in [-0.1, -0.05) is 56.3 Å². The van der Waals surface area contributed by atoms with Gasteiger partial charge in [0.05, 0.1) is 6.04 Å². The summed E-state index contributed by atoms with van der Waals surface area (Å²) in [6.07, 6.45) is 3.34. The van der Waals surface area contributed by atoms with Gasteiger partial charge in [0.1, 0.15) is 30.0 Å². The smallest absolute Gasteiger partial charge is 0.247 e. The zero-order valence-corrected chi connectivity index (χ0v) is 24.9. The van der Waals surface area contributed by atoms with Crippen LogP contribution in [0.2, 0.25) is 0 Å². The normalized spacial score (nSPS) is 22.8. The Bertz CT molecular complexity index is 1290. The lowest BCUT2D eigenvalue weighted by Gasteiger charge is -2.33. The van der Waals surface area contributed by atoms with E-state index < -0.39 is 36.2 Å². The van der Waals surface area contributed by atoms with Gasteiger partial charge in [-0.05, 0) is 56.3 Å². The van der Waals surface area contributed by atoms with Gasteiger partial charge in [0.2, 0.25) is 23.6 Å². The first-order valence-corrected chi connectivity index (χ1v) is 14.4. The van der Waals surface area contributed by atoms with Crippen LogP contribution in [0.4, 0.5) is 0 Å². The highest BCUT2D eigenvalue weighted by Gasteiger charge is 2.46. The first kappa shape index (κ1) is 30.8. The lowest BCUT2D eigenvalue weighted by molar-refractivity contribution is -0.144. The molecule has 3 aliphatic rings. The number of amides is 4. The third kappa shape index (κ3) is 7.36. The number of benzene rings is 2. The number of rotatable bonds is 7. The molecule has 0 saturated carbocycles. The van der Waals surface area contributed by atoms with Crippen LogP contribution >= 0.6 is 0 Å². The molecule has 2 bridgehead atoms. The van der Waals surface area contributed by atoms with Gasteiger partial charge in [0, 0.05) is 25.6 Å². The molecule has 10 nitrogen and oxygen atoms in total. The van der Waals surface area contributed by atoms with Crippen molar-refractivity contribution in [3.8, 4) is 5.75 Å². The Balaban J connectivity index is 1.66. The van der Waals surface area contributed by atoms with Gasteiger partial charge in [0.15, 0.2) is 0 Å². The number of hydrogen-bond donors (Lipinski definition) is 3. The quantitative estimate of drug-likeness (QED) is 0.464. The molecule has 2 aromatic rings. The van der Waals surface area contributed by atoms with Crippen molar-refractivity contribution in [2.45, 2.75) is 63.9 Å². The number of ether oxygens (including phenoxy) is 1. The van der Waals surface area contributed by atoms with Crippen molar-refractivity contribution in [3.05, 3.63) is 71.9 Å².